The third kappa shape index (κ3) is 2.04. The van der Waals surface area contributed by atoms with Crippen LogP contribution in [0.5, 0.6) is 0 Å². The molecule has 0 N–H and O–H groups in total. The second-order valence-electron chi connectivity index (χ2n) is 6.31. The van der Waals surface area contributed by atoms with Gasteiger partial charge >= 0.3 is 0 Å². The van der Waals surface area contributed by atoms with Gasteiger partial charge in [0.2, 0.25) is 0 Å². The van der Waals surface area contributed by atoms with E-state index in [-0.39, 0.29) is 11.6 Å². The van der Waals surface area contributed by atoms with E-state index in [1.165, 1.54) is 40.4 Å². The van der Waals surface area contributed by atoms with Crippen molar-refractivity contribution in [3.05, 3.63) is 95.8 Å². The highest BCUT2D eigenvalue weighted by atomic mass is 19.1. The van der Waals surface area contributed by atoms with Crippen molar-refractivity contribution in [1.82, 2.24) is 0 Å². The first-order valence-corrected chi connectivity index (χ1v) is 8.19. The first-order valence-electron chi connectivity index (χ1n) is 8.19. The van der Waals surface area contributed by atoms with Crippen LogP contribution in [0.3, 0.4) is 0 Å². The van der Waals surface area contributed by atoms with Crippen LogP contribution in [0.15, 0.2) is 78.9 Å². The molecule has 5 rings (SSSR count). The molecule has 2 heteroatoms. The smallest absolute Gasteiger partial charge is 0.193 e. The third-order valence-corrected chi connectivity index (χ3v) is 4.88. The average molecular weight is 324 g/mol. The van der Waals surface area contributed by atoms with Gasteiger partial charge < -0.3 is 0 Å². The highest BCUT2D eigenvalue weighted by Gasteiger charge is 2.16. The van der Waals surface area contributed by atoms with E-state index in [0.717, 1.165) is 16.2 Å². The zero-order chi connectivity index (χ0) is 17.0. The van der Waals surface area contributed by atoms with Gasteiger partial charge in [-0.15, -0.1) is 0 Å². The number of rotatable bonds is 2. The van der Waals surface area contributed by atoms with Crippen molar-refractivity contribution in [2.75, 3.05) is 0 Å². The van der Waals surface area contributed by atoms with Gasteiger partial charge in [-0.25, -0.2) is 4.39 Å². The Morgan fingerprint density at radius 1 is 0.640 bits per heavy atom. The lowest BCUT2D eigenvalue weighted by Gasteiger charge is -2.13. The van der Waals surface area contributed by atoms with E-state index in [1.807, 2.05) is 24.3 Å². The van der Waals surface area contributed by atoms with Gasteiger partial charge in [0.1, 0.15) is 5.82 Å². The number of ketones is 1. The van der Waals surface area contributed by atoms with E-state index in [1.54, 1.807) is 0 Å². The molecule has 0 saturated carbocycles. The van der Waals surface area contributed by atoms with Crippen LogP contribution in [0.25, 0.3) is 32.3 Å². The van der Waals surface area contributed by atoms with E-state index in [4.69, 9.17) is 0 Å². The fourth-order valence-corrected chi connectivity index (χ4v) is 3.69. The summed E-state index contributed by atoms with van der Waals surface area (Å²) < 4.78 is 13.2. The highest BCUT2D eigenvalue weighted by molar-refractivity contribution is 6.28. The van der Waals surface area contributed by atoms with Crippen molar-refractivity contribution >= 4 is 38.1 Å². The summed E-state index contributed by atoms with van der Waals surface area (Å²) in [5, 5.41) is 6.70. The van der Waals surface area contributed by atoms with Crippen molar-refractivity contribution in [3.63, 3.8) is 0 Å². The second-order valence-corrected chi connectivity index (χ2v) is 6.31. The molecule has 0 saturated heterocycles. The number of benzene rings is 5. The lowest BCUT2D eigenvalue weighted by Crippen LogP contribution is -2.02. The van der Waals surface area contributed by atoms with Gasteiger partial charge in [0.25, 0.3) is 0 Å². The number of hydrogen-bond donors (Lipinski definition) is 0. The summed E-state index contributed by atoms with van der Waals surface area (Å²) in [6.45, 7) is 0. The van der Waals surface area contributed by atoms with Gasteiger partial charge in [0.05, 0.1) is 0 Å². The predicted octanol–water partition coefficient (Wildman–Crippen LogP) is 5.95. The van der Waals surface area contributed by atoms with Crippen LogP contribution in [0.2, 0.25) is 0 Å². The molecule has 0 aliphatic carbocycles. The Kier molecular flexibility index (Phi) is 2.89. The number of hydrogen-bond acceptors (Lipinski definition) is 1. The first-order chi connectivity index (χ1) is 12.2. The molecule has 25 heavy (non-hydrogen) atoms. The lowest BCUT2D eigenvalue weighted by atomic mass is 9.90. The number of carbonyl (C=O) groups is 1. The van der Waals surface area contributed by atoms with Crippen molar-refractivity contribution in [2.24, 2.45) is 0 Å². The molecule has 0 fully saturated rings. The molecule has 0 radical (unpaired) electrons. The van der Waals surface area contributed by atoms with E-state index in [9.17, 15) is 9.18 Å². The van der Waals surface area contributed by atoms with E-state index in [2.05, 4.69) is 30.3 Å². The average Bonchev–Trinajstić information content (AvgIpc) is 2.66. The summed E-state index contributed by atoms with van der Waals surface area (Å²) in [7, 11) is 0. The molecule has 0 amide bonds. The summed E-state index contributed by atoms with van der Waals surface area (Å²) in [4.78, 5) is 13.0. The molecule has 0 aliphatic heterocycles. The zero-order valence-corrected chi connectivity index (χ0v) is 13.3. The Balaban J connectivity index is 1.84. The Labute approximate surface area is 143 Å². The minimum Gasteiger partial charge on any atom is -0.289 e. The quantitative estimate of drug-likeness (QED) is 0.289. The van der Waals surface area contributed by atoms with Crippen LogP contribution in [-0.2, 0) is 0 Å². The molecule has 0 aliphatic rings. The molecule has 1 nitrogen and oxygen atoms in total. The number of halogens is 1. The standard InChI is InChI=1S/C23H13FO/c24-18-10-6-17(7-11-18)23(25)20-13-9-16-5-4-14-2-1-3-15-8-12-19(20)22(16)21(14)15/h1-13H. The van der Waals surface area contributed by atoms with Crippen molar-refractivity contribution < 1.29 is 9.18 Å². The molecule has 0 unspecified atom stereocenters. The van der Waals surface area contributed by atoms with E-state index in [0.29, 0.717) is 11.1 Å². The molecular weight excluding hydrogens is 311 g/mol. The summed E-state index contributed by atoms with van der Waals surface area (Å²) in [6.07, 6.45) is 0. The van der Waals surface area contributed by atoms with Crippen LogP contribution < -0.4 is 0 Å². The summed E-state index contributed by atoms with van der Waals surface area (Å²) in [5.74, 6) is -0.426. The molecule has 5 aromatic rings. The minimum absolute atomic E-state index is 0.0852. The van der Waals surface area contributed by atoms with Crippen LogP contribution in [0.4, 0.5) is 4.39 Å². The fourth-order valence-electron chi connectivity index (χ4n) is 3.69. The summed E-state index contributed by atoms with van der Waals surface area (Å²) >= 11 is 0. The topological polar surface area (TPSA) is 17.1 Å². The molecule has 0 bridgehead atoms. The maximum atomic E-state index is 13.2. The Morgan fingerprint density at radius 3 is 1.96 bits per heavy atom. The summed E-state index contributed by atoms with van der Waals surface area (Å²) in [6, 6.07) is 24.1. The van der Waals surface area contributed by atoms with Crippen LogP contribution in [0.1, 0.15) is 15.9 Å². The van der Waals surface area contributed by atoms with Crippen LogP contribution in [0, 0.1) is 5.82 Å². The zero-order valence-electron chi connectivity index (χ0n) is 13.3. The lowest BCUT2D eigenvalue weighted by molar-refractivity contribution is 0.104. The second kappa shape index (κ2) is 5.12. The summed E-state index contributed by atoms with van der Waals surface area (Å²) in [5.41, 5.74) is 1.15. The van der Waals surface area contributed by atoms with E-state index < -0.39 is 0 Å². The van der Waals surface area contributed by atoms with Crippen LogP contribution in [-0.4, -0.2) is 5.78 Å². The maximum absolute atomic E-state index is 13.2. The van der Waals surface area contributed by atoms with Gasteiger partial charge in [0.15, 0.2) is 5.78 Å². The molecule has 0 heterocycles. The Hall–Kier alpha value is -3.26. The van der Waals surface area contributed by atoms with Gasteiger partial charge in [-0.1, -0.05) is 48.5 Å². The monoisotopic (exact) mass is 324 g/mol. The van der Waals surface area contributed by atoms with E-state index >= 15 is 0 Å². The van der Waals surface area contributed by atoms with Gasteiger partial charge in [0, 0.05) is 11.1 Å². The van der Waals surface area contributed by atoms with Crippen LogP contribution >= 0.6 is 0 Å². The highest BCUT2D eigenvalue weighted by Crippen LogP contribution is 2.36. The molecular formula is C23H13FO. The largest absolute Gasteiger partial charge is 0.289 e. The van der Waals surface area contributed by atoms with Crippen molar-refractivity contribution in [1.29, 1.82) is 0 Å². The van der Waals surface area contributed by atoms with Gasteiger partial charge in [-0.3, -0.25) is 4.79 Å². The Bertz CT molecular complexity index is 1240. The molecule has 0 aromatic heterocycles. The van der Waals surface area contributed by atoms with Crippen molar-refractivity contribution in [2.45, 2.75) is 0 Å². The number of carbonyl (C=O) groups excluding carboxylic acids is 1. The van der Waals surface area contributed by atoms with Gasteiger partial charge in [-0.2, -0.15) is 0 Å². The third-order valence-electron chi connectivity index (χ3n) is 4.88. The molecule has 118 valence electrons. The van der Waals surface area contributed by atoms with Crippen molar-refractivity contribution in [3.8, 4) is 0 Å². The molecule has 0 spiro atoms. The minimum atomic E-state index is -0.341. The van der Waals surface area contributed by atoms with Gasteiger partial charge in [-0.05, 0) is 62.6 Å². The molecule has 0 atom stereocenters. The first kappa shape index (κ1) is 14.1. The fraction of sp³-hybridized carbons (Fsp3) is 0. The Morgan fingerprint density at radius 2 is 1.24 bits per heavy atom. The molecule has 5 aromatic carbocycles. The predicted molar refractivity (Wildman–Crippen MR) is 100.0 cm³/mol. The SMILES string of the molecule is O=C(c1ccc(F)cc1)c1ccc2ccc3cccc4ccc1c2c34. The maximum Gasteiger partial charge on any atom is 0.193 e. The normalized spacial score (nSPS) is 11.6.